The van der Waals surface area contributed by atoms with Crippen molar-refractivity contribution in [2.45, 2.75) is 12.5 Å². The zero-order chi connectivity index (χ0) is 16.3. The number of phenolic OH excluding ortho intramolecular Hbond substituents is 3. The van der Waals surface area contributed by atoms with E-state index >= 15 is 0 Å². The number of phenols is 3. The molecule has 0 amide bonds. The van der Waals surface area contributed by atoms with Gasteiger partial charge >= 0.3 is 0 Å². The average molecular weight is 304 g/mol. The Hall–Kier alpha value is -2.73. The topological polar surface area (TPSA) is 107 Å². The van der Waals surface area contributed by atoms with E-state index in [4.69, 9.17) is 4.74 Å². The van der Waals surface area contributed by atoms with Crippen molar-refractivity contribution < 1.29 is 30.0 Å². The van der Waals surface area contributed by atoms with Crippen LogP contribution in [0.5, 0.6) is 23.0 Å². The highest BCUT2D eigenvalue weighted by molar-refractivity contribution is 6.04. The molecule has 0 aromatic heterocycles. The highest BCUT2D eigenvalue weighted by Gasteiger charge is 2.24. The fourth-order valence-corrected chi connectivity index (χ4v) is 2.07. The maximum atomic E-state index is 12.2. The molecule has 22 heavy (non-hydrogen) atoms. The lowest BCUT2D eigenvalue weighted by Gasteiger charge is -2.13. The molecule has 0 radical (unpaired) electrons. The van der Waals surface area contributed by atoms with Crippen LogP contribution < -0.4 is 4.74 Å². The van der Waals surface area contributed by atoms with Gasteiger partial charge in [-0.15, -0.1) is 0 Å². The third-order valence-corrected chi connectivity index (χ3v) is 3.22. The number of hydrogen-bond acceptors (Lipinski definition) is 6. The second-order valence-electron chi connectivity index (χ2n) is 4.79. The number of methoxy groups -OCH3 is 1. The number of ketones is 1. The molecular formula is C16H16O6. The van der Waals surface area contributed by atoms with Crippen LogP contribution >= 0.6 is 0 Å². The van der Waals surface area contributed by atoms with Crippen LogP contribution in [0.4, 0.5) is 0 Å². The first-order chi connectivity index (χ1) is 10.4. The smallest absolute Gasteiger partial charge is 0.199 e. The summed E-state index contributed by atoms with van der Waals surface area (Å²) in [7, 11) is 1.36. The molecule has 6 heteroatoms. The fourth-order valence-electron chi connectivity index (χ4n) is 2.07. The zero-order valence-corrected chi connectivity index (χ0v) is 11.9. The van der Waals surface area contributed by atoms with E-state index in [1.165, 1.54) is 31.4 Å². The average Bonchev–Trinajstić information content (AvgIpc) is 2.48. The summed E-state index contributed by atoms with van der Waals surface area (Å²) in [5.41, 5.74) is 0.276. The standard InChI is InChI=1S/C16H16O6/c1-22-11-7-12(18)15(13(19)8-11)16(21)14(20)6-9-2-4-10(17)5-3-9/h2-5,7-8,14,17-20H,6H2,1H3/t14-/m1/s1. The van der Waals surface area contributed by atoms with Crippen LogP contribution in [0.15, 0.2) is 36.4 Å². The summed E-state index contributed by atoms with van der Waals surface area (Å²) < 4.78 is 4.86. The minimum absolute atomic E-state index is 0.00990. The van der Waals surface area contributed by atoms with Gasteiger partial charge in [0, 0.05) is 18.6 Å². The van der Waals surface area contributed by atoms with Crippen LogP contribution in [-0.2, 0) is 6.42 Å². The van der Waals surface area contributed by atoms with E-state index in [2.05, 4.69) is 0 Å². The normalized spacial score (nSPS) is 11.9. The van der Waals surface area contributed by atoms with Crippen molar-refractivity contribution in [2.75, 3.05) is 7.11 Å². The van der Waals surface area contributed by atoms with Gasteiger partial charge in [-0.2, -0.15) is 0 Å². The van der Waals surface area contributed by atoms with Crippen LogP contribution in [0, 0.1) is 0 Å². The highest BCUT2D eigenvalue weighted by Crippen LogP contribution is 2.33. The number of Topliss-reactive ketones (excluding diaryl/α,β-unsaturated/α-hetero) is 1. The molecule has 2 aromatic rings. The van der Waals surface area contributed by atoms with Gasteiger partial charge in [0.25, 0.3) is 0 Å². The monoisotopic (exact) mass is 304 g/mol. The Morgan fingerprint density at radius 2 is 1.64 bits per heavy atom. The summed E-state index contributed by atoms with van der Waals surface area (Å²) in [6, 6.07) is 8.38. The van der Waals surface area contributed by atoms with Crippen molar-refractivity contribution in [3.05, 3.63) is 47.5 Å². The lowest BCUT2D eigenvalue weighted by Crippen LogP contribution is -2.23. The molecular weight excluding hydrogens is 288 g/mol. The molecule has 2 aromatic carbocycles. The van der Waals surface area contributed by atoms with E-state index < -0.39 is 23.4 Å². The molecule has 0 spiro atoms. The van der Waals surface area contributed by atoms with E-state index in [1.807, 2.05) is 0 Å². The molecule has 1 atom stereocenters. The van der Waals surface area contributed by atoms with Gasteiger partial charge in [0.05, 0.1) is 7.11 Å². The predicted molar refractivity (Wildman–Crippen MR) is 78.5 cm³/mol. The number of benzene rings is 2. The first-order valence-electron chi connectivity index (χ1n) is 6.52. The van der Waals surface area contributed by atoms with E-state index in [0.717, 1.165) is 0 Å². The lowest BCUT2D eigenvalue weighted by atomic mass is 9.98. The van der Waals surface area contributed by atoms with Crippen molar-refractivity contribution in [2.24, 2.45) is 0 Å². The van der Waals surface area contributed by atoms with Crippen LogP contribution in [0.2, 0.25) is 0 Å². The van der Waals surface area contributed by atoms with Crippen LogP contribution in [0.1, 0.15) is 15.9 Å². The van der Waals surface area contributed by atoms with Crippen molar-refractivity contribution in [1.29, 1.82) is 0 Å². The highest BCUT2D eigenvalue weighted by atomic mass is 16.5. The molecule has 0 bridgehead atoms. The summed E-state index contributed by atoms with van der Waals surface area (Å²) in [5.74, 6) is -1.46. The summed E-state index contributed by atoms with van der Waals surface area (Å²) >= 11 is 0. The third-order valence-electron chi connectivity index (χ3n) is 3.22. The maximum Gasteiger partial charge on any atom is 0.199 e. The SMILES string of the molecule is COc1cc(O)c(C(=O)[C@H](O)Cc2ccc(O)cc2)c(O)c1. The van der Waals surface area contributed by atoms with Crippen molar-refractivity contribution in [1.82, 2.24) is 0 Å². The Kier molecular flexibility index (Phi) is 4.53. The van der Waals surface area contributed by atoms with Crippen LogP contribution in [-0.4, -0.2) is 39.4 Å². The minimum Gasteiger partial charge on any atom is -0.508 e. The lowest BCUT2D eigenvalue weighted by molar-refractivity contribution is 0.0742. The van der Waals surface area contributed by atoms with E-state index in [1.54, 1.807) is 12.1 Å². The zero-order valence-electron chi connectivity index (χ0n) is 11.9. The molecule has 4 N–H and O–H groups in total. The van der Waals surface area contributed by atoms with E-state index in [-0.39, 0.29) is 23.5 Å². The van der Waals surface area contributed by atoms with Gasteiger partial charge in [-0.3, -0.25) is 4.79 Å². The quantitative estimate of drug-likeness (QED) is 0.625. The molecule has 0 saturated carbocycles. The van der Waals surface area contributed by atoms with Gasteiger partial charge in [-0.1, -0.05) is 12.1 Å². The molecule has 0 aliphatic heterocycles. The predicted octanol–water partition coefficient (Wildman–Crippen LogP) is 1.60. The number of carbonyl (C=O) groups is 1. The molecule has 0 aliphatic rings. The van der Waals surface area contributed by atoms with Gasteiger partial charge in [0.15, 0.2) is 5.78 Å². The van der Waals surface area contributed by atoms with Crippen molar-refractivity contribution >= 4 is 5.78 Å². The second kappa shape index (κ2) is 6.36. The molecule has 2 rings (SSSR count). The Morgan fingerprint density at radius 1 is 1.09 bits per heavy atom. The summed E-state index contributed by atoms with van der Waals surface area (Å²) in [6.45, 7) is 0. The first-order valence-corrected chi connectivity index (χ1v) is 6.52. The fraction of sp³-hybridized carbons (Fsp3) is 0.188. The number of aliphatic hydroxyl groups excluding tert-OH is 1. The Labute approximate surface area is 126 Å². The third kappa shape index (κ3) is 3.29. The van der Waals surface area contributed by atoms with Crippen molar-refractivity contribution in [3.8, 4) is 23.0 Å². The molecule has 0 fully saturated rings. The van der Waals surface area contributed by atoms with Gasteiger partial charge in [0.2, 0.25) is 0 Å². The molecule has 0 aliphatic carbocycles. The summed E-state index contributed by atoms with van der Waals surface area (Å²) in [4.78, 5) is 12.2. The number of ether oxygens (including phenoxy) is 1. The van der Waals surface area contributed by atoms with Gasteiger partial charge in [0.1, 0.15) is 34.7 Å². The Balaban J connectivity index is 2.22. The van der Waals surface area contributed by atoms with Crippen molar-refractivity contribution in [3.63, 3.8) is 0 Å². The minimum atomic E-state index is -1.44. The molecule has 6 nitrogen and oxygen atoms in total. The first kappa shape index (κ1) is 15.7. The molecule has 0 unspecified atom stereocenters. The largest absolute Gasteiger partial charge is 0.508 e. The van der Waals surface area contributed by atoms with Gasteiger partial charge in [-0.05, 0) is 17.7 Å². The number of hydrogen-bond donors (Lipinski definition) is 4. The second-order valence-corrected chi connectivity index (χ2v) is 4.79. The van der Waals surface area contributed by atoms with Crippen LogP contribution in [0.3, 0.4) is 0 Å². The van der Waals surface area contributed by atoms with E-state index in [9.17, 15) is 25.2 Å². The summed E-state index contributed by atoms with van der Waals surface area (Å²) in [5, 5.41) is 38.8. The van der Waals surface area contributed by atoms with Gasteiger partial charge in [-0.25, -0.2) is 0 Å². The Morgan fingerprint density at radius 3 is 2.14 bits per heavy atom. The number of aliphatic hydroxyl groups is 1. The summed E-state index contributed by atoms with van der Waals surface area (Å²) in [6.07, 6.45) is -1.45. The number of rotatable bonds is 5. The van der Waals surface area contributed by atoms with Crippen LogP contribution in [0.25, 0.3) is 0 Å². The molecule has 0 saturated heterocycles. The molecule has 116 valence electrons. The Bertz CT molecular complexity index is 655. The van der Waals surface area contributed by atoms with Gasteiger partial charge < -0.3 is 25.2 Å². The van der Waals surface area contributed by atoms with E-state index in [0.29, 0.717) is 5.56 Å². The molecule has 0 heterocycles. The maximum absolute atomic E-state index is 12.2. The number of carbonyl (C=O) groups excluding carboxylic acids is 1. The number of aromatic hydroxyl groups is 3.